The Balaban J connectivity index is 1.71. The van der Waals surface area contributed by atoms with Crippen molar-refractivity contribution in [3.8, 4) is 5.82 Å². The van der Waals surface area contributed by atoms with Crippen molar-refractivity contribution in [1.29, 1.82) is 0 Å². The van der Waals surface area contributed by atoms with E-state index in [2.05, 4.69) is 4.98 Å². The molecule has 0 spiro atoms. The summed E-state index contributed by atoms with van der Waals surface area (Å²) >= 11 is 0. The molecule has 0 unspecified atom stereocenters. The van der Waals surface area contributed by atoms with E-state index in [4.69, 9.17) is 9.84 Å². The van der Waals surface area contributed by atoms with Crippen molar-refractivity contribution in [3.05, 3.63) is 94.0 Å². The maximum atomic E-state index is 12.3. The van der Waals surface area contributed by atoms with E-state index in [9.17, 15) is 4.79 Å². The molecule has 0 saturated heterocycles. The van der Waals surface area contributed by atoms with Crippen LogP contribution in [0.1, 0.15) is 16.8 Å². The maximum Gasteiger partial charge on any atom is 0.256 e. The monoisotopic (exact) mass is 336 g/mol. The Bertz CT molecular complexity index is 858. The third-order valence-corrected chi connectivity index (χ3v) is 3.87. The molecular formula is C20H20N2O3. The second kappa shape index (κ2) is 8.37. The predicted octanol–water partition coefficient (Wildman–Crippen LogP) is 2.48. The molecule has 0 radical (unpaired) electrons. The zero-order valence-electron chi connectivity index (χ0n) is 13.8. The van der Waals surface area contributed by atoms with Crippen LogP contribution in [-0.2, 0) is 24.4 Å². The molecule has 128 valence electrons. The first-order valence-corrected chi connectivity index (χ1v) is 8.17. The number of rotatable bonds is 7. The van der Waals surface area contributed by atoms with Gasteiger partial charge in [0.2, 0.25) is 0 Å². The summed E-state index contributed by atoms with van der Waals surface area (Å²) < 4.78 is 7.30. The lowest BCUT2D eigenvalue weighted by atomic mass is 10.2. The summed E-state index contributed by atoms with van der Waals surface area (Å²) in [6.07, 6.45) is 2.18. The molecule has 5 nitrogen and oxygen atoms in total. The summed E-state index contributed by atoms with van der Waals surface area (Å²) in [4.78, 5) is 16.6. The van der Waals surface area contributed by atoms with Crippen molar-refractivity contribution >= 4 is 0 Å². The number of pyridine rings is 2. The lowest BCUT2D eigenvalue weighted by molar-refractivity contribution is 0.123. The summed E-state index contributed by atoms with van der Waals surface area (Å²) in [6.45, 7) is 0.978. The van der Waals surface area contributed by atoms with Gasteiger partial charge in [-0.2, -0.15) is 0 Å². The van der Waals surface area contributed by atoms with Gasteiger partial charge >= 0.3 is 0 Å². The lowest BCUT2D eigenvalue weighted by Gasteiger charge is -2.12. The number of aliphatic hydroxyl groups is 1. The molecule has 0 amide bonds. The second-order valence-corrected chi connectivity index (χ2v) is 5.66. The van der Waals surface area contributed by atoms with Crippen LogP contribution in [0.25, 0.3) is 5.82 Å². The Labute approximate surface area is 146 Å². The SMILES string of the molecule is O=c1cccc(CCOCc2ccccc2)n1-c1ccc(CO)cn1. The first-order valence-electron chi connectivity index (χ1n) is 8.17. The number of nitrogens with zero attached hydrogens (tertiary/aromatic N) is 2. The lowest BCUT2D eigenvalue weighted by Crippen LogP contribution is -2.22. The van der Waals surface area contributed by atoms with Crippen molar-refractivity contribution in [2.45, 2.75) is 19.6 Å². The zero-order chi connectivity index (χ0) is 17.5. The van der Waals surface area contributed by atoms with Crippen LogP contribution >= 0.6 is 0 Å². The molecule has 0 fully saturated rings. The molecule has 0 atom stereocenters. The van der Waals surface area contributed by atoms with E-state index >= 15 is 0 Å². The van der Waals surface area contributed by atoms with Crippen LogP contribution in [0.2, 0.25) is 0 Å². The summed E-state index contributed by atoms with van der Waals surface area (Å²) in [5.41, 5.74) is 2.53. The highest BCUT2D eigenvalue weighted by molar-refractivity contribution is 5.29. The van der Waals surface area contributed by atoms with E-state index in [1.54, 1.807) is 29.0 Å². The molecule has 3 aromatic rings. The van der Waals surface area contributed by atoms with E-state index in [-0.39, 0.29) is 12.2 Å². The van der Waals surface area contributed by atoms with Gasteiger partial charge in [0.05, 0.1) is 19.8 Å². The minimum atomic E-state index is -0.134. The molecule has 25 heavy (non-hydrogen) atoms. The Morgan fingerprint density at radius 1 is 0.960 bits per heavy atom. The number of hydrogen-bond donors (Lipinski definition) is 1. The van der Waals surface area contributed by atoms with Gasteiger partial charge in [-0.05, 0) is 23.3 Å². The summed E-state index contributed by atoms with van der Waals surface area (Å²) in [5, 5.41) is 9.12. The van der Waals surface area contributed by atoms with Crippen LogP contribution in [0.15, 0.2) is 71.7 Å². The topological polar surface area (TPSA) is 64.3 Å². The molecule has 0 aliphatic heterocycles. The highest BCUT2D eigenvalue weighted by Gasteiger charge is 2.07. The van der Waals surface area contributed by atoms with Gasteiger partial charge in [0.1, 0.15) is 5.82 Å². The fourth-order valence-corrected chi connectivity index (χ4v) is 2.57. The predicted molar refractivity (Wildman–Crippen MR) is 95.6 cm³/mol. The van der Waals surface area contributed by atoms with Crippen molar-refractivity contribution in [3.63, 3.8) is 0 Å². The van der Waals surface area contributed by atoms with Crippen LogP contribution in [0.4, 0.5) is 0 Å². The Hall–Kier alpha value is -2.76. The molecular weight excluding hydrogens is 316 g/mol. The molecule has 1 N–H and O–H groups in total. The molecule has 2 aromatic heterocycles. The molecule has 1 aromatic carbocycles. The van der Waals surface area contributed by atoms with Gasteiger partial charge < -0.3 is 9.84 Å². The first kappa shape index (κ1) is 17.1. The molecule has 0 bridgehead atoms. The van der Waals surface area contributed by atoms with Gasteiger partial charge in [0, 0.05) is 24.4 Å². The minimum absolute atomic E-state index is 0.0723. The zero-order valence-corrected chi connectivity index (χ0v) is 13.8. The third kappa shape index (κ3) is 4.41. The normalized spacial score (nSPS) is 10.8. The molecule has 3 rings (SSSR count). The van der Waals surface area contributed by atoms with Crippen LogP contribution < -0.4 is 5.56 Å². The fourth-order valence-electron chi connectivity index (χ4n) is 2.57. The highest BCUT2D eigenvalue weighted by Crippen LogP contribution is 2.09. The highest BCUT2D eigenvalue weighted by atomic mass is 16.5. The number of benzene rings is 1. The average molecular weight is 336 g/mol. The summed E-state index contributed by atoms with van der Waals surface area (Å²) in [5.74, 6) is 0.542. The van der Waals surface area contributed by atoms with Crippen molar-refractivity contribution in [2.75, 3.05) is 6.61 Å². The van der Waals surface area contributed by atoms with E-state index in [0.29, 0.717) is 31.0 Å². The largest absolute Gasteiger partial charge is 0.392 e. The van der Waals surface area contributed by atoms with Crippen LogP contribution in [0.3, 0.4) is 0 Å². The number of ether oxygens (including phenoxy) is 1. The average Bonchev–Trinajstić information content (AvgIpc) is 2.66. The van der Waals surface area contributed by atoms with Crippen LogP contribution in [0, 0.1) is 0 Å². The summed E-state index contributed by atoms with van der Waals surface area (Å²) in [6, 6.07) is 18.6. The van der Waals surface area contributed by atoms with E-state index in [0.717, 1.165) is 11.3 Å². The number of aromatic nitrogens is 2. The van der Waals surface area contributed by atoms with Crippen molar-refractivity contribution in [2.24, 2.45) is 0 Å². The maximum absolute atomic E-state index is 12.3. The Kier molecular flexibility index (Phi) is 5.72. The van der Waals surface area contributed by atoms with E-state index in [1.807, 2.05) is 36.4 Å². The Morgan fingerprint density at radius 3 is 2.52 bits per heavy atom. The van der Waals surface area contributed by atoms with Crippen molar-refractivity contribution in [1.82, 2.24) is 9.55 Å². The summed E-state index contributed by atoms with van der Waals surface area (Å²) in [7, 11) is 0. The molecule has 0 aliphatic rings. The quantitative estimate of drug-likeness (QED) is 0.673. The van der Waals surface area contributed by atoms with Gasteiger partial charge in [-0.15, -0.1) is 0 Å². The van der Waals surface area contributed by atoms with Gasteiger partial charge in [0.15, 0.2) is 0 Å². The molecule has 5 heteroatoms. The first-order chi connectivity index (χ1) is 12.3. The Morgan fingerprint density at radius 2 is 1.80 bits per heavy atom. The van der Waals surface area contributed by atoms with E-state index < -0.39 is 0 Å². The van der Waals surface area contributed by atoms with Gasteiger partial charge in [-0.25, -0.2) is 4.98 Å². The van der Waals surface area contributed by atoms with Gasteiger partial charge in [-0.3, -0.25) is 9.36 Å². The van der Waals surface area contributed by atoms with Crippen LogP contribution in [0.5, 0.6) is 0 Å². The molecule has 0 saturated carbocycles. The van der Waals surface area contributed by atoms with Gasteiger partial charge in [-0.1, -0.05) is 42.5 Å². The smallest absolute Gasteiger partial charge is 0.256 e. The second-order valence-electron chi connectivity index (χ2n) is 5.66. The molecule has 0 aliphatic carbocycles. The number of aliphatic hydroxyl groups excluding tert-OH is 1. The third-order valence-electron chi connectivity index (χ3n) is 3.87. The minimum Gasteiger partial charge on any atom is -0.392 e. The number of hydrogen-bond acceptors (Lipinski definition) is 4. The van der Waals surface area contributed by atoms with Crippen molar-refractivity contribution < 1.29 is 9.84 Å². The van der Waals surface area contributed by atoms with E-state index in [1.165, 1.54) is 6.07 Å². The molecule has 2 heterocycles. The fraction of sp³-hybridized carbons (Fsp3) is 0.200. The standard InChI is InChI=1S/C20H20N2O3/c23-14-17-9-10-19(21-13-17)22-18(7-4-8-20(22)24)11-12-25-15-16-5-2-1-3-6-16/h1-10,13,23H,11-12,14-15H2. The van der Waals surface area contributed by atoms with Gasteiger partial charge in [0.25, 0.3) is 5.56 Å². The van der Waals surface area contributed by atoms with Crippen LogP contribution in [-0.4, -0.2) is 21.3 Å².